The highest BCUT2D eigenvalue weighted by molar-refractivity contribution is 6.36. The molecule has 0 atom stereocenters. The SMILES string of the molecule is N#C/C(=C\c1cc(Cl)cc(Cl)c1OCc1ccc([N+](=O)[O-])cc1)C(=O)Nc1ccc(Cl)cc1. The third kappa shape index (κ3) is 6.46. The van der Waals surface area contributed by atoms with Crippen molar-refractivity contribution in [1.82, 2.24) is 0 Å². The van der Waals surface area contributed by atoms with Gasteiger partial charge in [-0.15, -0.1) is 0 Å². The molecule has 0 heterocycles. The Morgan fingerprint density at radius 2 is 1.73 bits per heavy atom. The summed E-state index contributed by atoms with van der Waals surface area (Å²) in [6.45, 7) is 0.0407. The summed E-state index contributed by atoms with van der Waals surface area (Å²) in [6.07, 6.45) is 1.31. The van der Waals surface area contributed by atoms with E-state index in [1.165, 1.54) is 30.3 Å². The molecule has 1 amide bonds. The molecule has 0 radical (unpaired) electrons. The molecule has 3 aromatic carbocycles. The van der Waals surface area contributed by atoms with Crippen LogP contribution in [-0.4, -0.2) is 10.8 Å². The Morgan fingerprint density at radius 1 is 1.06 bits per heavy atom. The minimum absolute atomic E-state index is 0.0407. The van der Waals surface area contributed by atoms with Crippen molar-refractivity contribution in [3.05, 3.63) is 103 Å². The highest BCUT2D eigenvalue weighted by Gasteiger charge is 2.15. The van der Waals surface area contributed by atoms with Crippen LogP contribution in [0, 0.1) is 21.4 Å². The van der Waals surface area contributed by atoms with Crippen molar-refractivity contribution >= 4 is 58.2 Å². The van der Waals surface area contributed by atoms with E-state index in [-0.39, 0.29) is 33.7 Å². The fourth-order valence-corrected chi connectivity index (χ4v) is 3.43. The molecule has 0 aliphatic carbocycles. The molecule has 0 bridgehead atoms. The van der Waals surface area contributed by atoms with Crippen LogP contribution >= 0.6 is 34.8 Å². The van der Waals surface area contributed by atoms with Gasteiger partial charge in [-0.25, -0.2) is 0 Å². The topological polar surface area (TPSA) is 105 Å². The molecule has 0 aliphatic heterocycles. The van der Waals surface area contributed by atoms with Gasteiger partial charge in [0.25, 0.3) is 11.6 Å². The number of hydrogen-bond donors (Lipinski definition) is 1. The predicted molar refractivity (Wildman–Crippen MR) is 128 cm³/mol. The average molecular weight is 503 g/mol. The van der Waals surface area contributed by atoms with Crippen LogP contribution in [0.2, 0.25) is 15.1 Å². The minimum atomic E-state index is -0.641. The van der Waals surface area contributed by atoms with Gasteiger partial charge in [-0.05, 0) is 60.2 Å². The molecule has 0 fully saturated rings. The van der Waals surface area contributed by atoms with Crippen molar-refractivity contribution in [1.29, 1.82) is 5.26 Å². The molecule has 3 aromatic rings. The van der Waals surface area contributed by atoms with Gasteiger partial charge >= 0.3 is 0 Å². The number of amides is 1. The van der Waals surface area contributed by atoms with Crippen molar-refractivity contribution in [2.24, 2.45) is 0 Å². The molecule has 0 spiro atoms. The average Bonchev–Trinajstić information content (AvgIpc) is 2.78. The maximum atomic E-state index is 12.6. The number of benzene rings is 3. The summed E-state index contributed by atoms with van der Waals surface area (Å²) in [6, 6.07) is 17.1. The molecule has 1 N–H and O–H groups in total. The highest BCUT2D eigenvalue weighted by atomic mass is 35.5. The third-order valence-electron chi connectivity index (χ3n) is 4.33. The summed E-state index contributed by atoms with van der Waals surface area (Å²) in [5, 5.41) is 23.9. The lowest BCUT2D eigenvalue weighted by Crippen LogP contribution is -2.13. The van der Waals surface area contributed by atoms with Crippen molar-refractivity contribution in [2.45, 2.75) is 6.61 Å². The number of carbonyl (C=O) groups excluding carboxylic acids is 1. The zero-order valence-electron chi connectivity index (χ0n) is 16.7. The second-order valence-electron chi connectivity index (χ2n) is 6.65. The lowest BCUT2D eigenvalue weighted by Gasteiger charge is -2.13. The molecule has 10 heteroatoms. The van der Waals surface area contributed by atoms with Crippen LogP contribution in [0.5, 0.6) is 5.75 Å². The smallest absolute Gasteiger partial charge is 0.269 e. The number of halogens is 3. The van der Waals surface area contributed by atoms with Gasteiger partial charge in [0.15, 0.2) is 0 Å². The Bertz CT molecular complexity index is 1270. The Labute approximate surface area is 203 Å². The van der Waals surface area contributed by atoms with E-state index in [0.717, 1.165) is 0 Å². The Balaban J connectivity index is 1.85. The van der Waals surface area contributed by atoms with Crippen molar-refractivity contribution in [3.63, 3.8) is 0 Å². The number of nitrogens with one attached hydrogen (secondary N) is 1. The first kappa shape index (κ1) is 24.1. The molecular formula is C23H14Cl3N3O4. The number of nitrogens with zero attached hydrogens (tertiary/aromatic N) is 2. The maximum Gasteiger partial charge on any atom is 0.269 e. The van der Waals surface area contributed by atoms with Gasteiger partial charge in [-0.3, -0.25) is 14.9 Å². The fourth-order valence-electron chi connectivity index (χ4n) is 2.74. The Morgan fingerprint density at radius 3 is 2.33 bits per heavy atom. The second-order valence-corrected chi connectivity index (χ2v) is 7.93. The zero-order chi connectivity index (χ0) is 24.0. The normalized spacial score (nSPS) is 10.9. The number of hydrogen-bond acceptors (Lipinski definition) is 5. The lowest BCUT2D eigenvalue weighted by molar-refractivity contribution is -0.384. The van der Waals surface area contributed by atoms with Gasteiger partial charge in [0.1, 0.15) is 24.0 Å². The Hall–Kier alpha value is -3.57. The number of nitriles is 1. The number of rotatable bonds is 7. The second kappa shape index (κ2) is 10.8. The first-order valence-corrected chi connectivity index (χ1v) is 10.4. The van der Waals surface area contributed by atoms with Gasteiger partial charge in [-0.1, -0.05) is 34.8 Å². The molecule has 7 nitrogen and oxygen atoms in total. The van der Waals surface area contributed by atoms with E-state index in [2.05, 4.69) is 5.32 Å². The number of nitro benzene ring substituents is 1. The first-order valence-electron chi connectivity index (χ1n) is 9.30. The van der Waals surface area contributed by atoms with Gasteiger partial charge in [0.05, 0.1) is 9.95 Å². The van der Waals surface area contributed by atoms with Crippen LogP contribution in [0.3, 0.4) is 0 Å². The zero-order valence-corrected chi connectivity index (χ0v) is 19.0. The van der Waals surface area contributed by atoms with E-state index in [9.17, 15) is 20.2 Å². The lowest BCUT2D eigenvalue weighted by atomic mass is 10.1. The summed E-state index contributed by atoms with van der Waals surface area (Å²) in [5.74, 6) is -0.441. The number of anilines is 1. The van der Waals surface area contributed by atoms with E-state index in [1.54, 1.807) is 36.4 Å². The van der Waals surface area contributed by atoms with Crippen LogP contribution in [0.4, 0.5) is 11.4 Å². The molecule has 33 heavy (non-hydrogen) atoms. The Kier molecular flexibility index (Phi) is 7.91. The first-order chi connectivity index (χ1) is 15.8. The molecule has 0 unspecified atom stereocenters. The van der Waals surface area contributed by atoms with Gasteiger partial charge < -0.3 is 10.1 Å². The van der Waals surface area contributed by atoms with E-state index in [4.69, 9.17) is 39.5 Å². The van der Waals surface area contributed by atoms with E-state index in [0.29, 0.717) is 21.8 Å². The number of nitro groups is 1. The minimum Gasteiger partial charge on any atom is -0.487 e. The quantitative estimate of drug-likeness (QED) is 0.168. The molecule has 3 rings (SSSR count). The van der Waals surface area contributed by atoms with Crippen molar-refractivity contribution in [3.8, 4) is 11.8 Å². The molecule has 0 saturated carbocycles. The summed E-state index contributed by atoms with van der Waals surface area (Å²) in [7, 11) is 0. The maximum absolute atomic E-state index is 12.6. The van der Waals surface area contributed by atoms with Crippen molar-refractivity contribution < 1.29 is 14.5 Å². The van der Waals surface area contributed by atoms with Crippen LogP contribution in [0.1, 0.15) is 11.1 Å². The van der Waals surface area contributed by atoms with Gasteiger partial charge in [-0.2, -0.15) is 5.26 Å². The highest BCUT2D eigenvalue weighted by Crippen LogP contribution is 2.34. The van der Waals surface area contributed by atoms with Crippen LogP contribution in [0.25, 0.3) is 6.08 Å². The summed E-state index contributed by atoms with van der Waals surface area (Å²) in [5.41, 5.74) is 1.19. The predicted octanol–water partition coefficient (Wildman–Crippen LogP) is 6.68. The molecule has 0 aromatic heterocycles. The van der Waals surface area contributed by atoms with E-state index in [1.807, 2.05) is 6.07 Å². The van der Waals surface area contributed by atoms with Crippen molar-refractivity contribution in [2.75, 3.05) is 5.32 Å². The summed E-state index contributed by atoms with van der Waals surface area (Å²) >= 11 is 18.2. The van der Waals surface area contributed by atoms with E-state index >= 15 is 0 Å². The molecule has 166 valence electrons. The standard InChI is InChI=1S/C23H14Cl3N3O4/c24-17-3-5-19(6-4-17)28-23(30)16(12-27)9-15-10-18(25)11-21(26)22(15)33-13-14-1-7-20(8-2-14)29(31)32/h1-11H,13H2,(H,28,30)/b16-9+. The fraction of sp³-hybridized carbons (Fsp3) is 0.0435. The molecular weight excluding hydrogens is 489 g/mol. The molecule has 0 aliphatic rings. The summed E-state index contributed by atoms with van der Waals surface area (Å²) in [4.78, 5) is 22.9. The van der Waals surface area contributed by atoms with Crippen LogP contribution < -0.4 is 10.1 Å². The monoisotopic (exact) mass is 501 g/mol. The van der Waals surface area contributed by atoms with E-state index < -0.39 is 10.8 Å². The number of non-ortho nitro benzene ring substituents is 1. The largest absolute Gasteiger partial charge is 0.487 e. The summed E-state index contributed by atoms with van der Waals surface area (Å²) < 4.78 is 5.81. The van der Waals surface area contributed by atoms with Gasteiger partial charge in [0.2, 0.25) is 0 Å². The van der Waals surface area contributed by atoms with Crippen LogP contribution in [-0.2, 0) is 11.4 Å². The number of carbonyl (C=O) groups is 1. The van der Waals surface area contributed by atoms with Gasteiger partial charge in [0, 0.05) is 33.4 Å². The number of ether oxygens (including phenoxy) is 1. The molecule has 0 saturated heterocycles. The third-order valence-corrected chi connectivity index (χ3v) is 5.09. The van der Waals surface area contributed by atoms with Crippen LogP contribution in [0.15, 0.2) is 66.2 Å².